The highest BCUT2D eigenvalue weighted by molar-refractivity contribution is 9.10. The van der Waals surface area contributed by atoms with E-state index >= 15 is 0 Å². The fourth-order valence-electron chi connectivity index (χ4n) is 1.69. The van der Waals surface area contributed by atoms with Gasteiger partial charge < -0.3 is 14.9 Å². The van der Waals surface area contributed by atoms with Gasteiger partial charge in [-0.15, -0.1) is 0 Å². The van der Waals surface area contributed by atoms with E-state index in [1.54, 1.807) is 0 Å². The molecule has 19 heavy (non-hydrogen) atoms. The third kappa shape index (κ3) is 3.42. The van der Waals surface area contributed by atoms with Crippen LogP contribution in [0.15, 0.2) is 39.3 Å². The summed E-state index contributed by atoms with van der Waals surface area (Å²) in [4.78, 5) is 10.7. The summed E-state index contributed by atoms with van der Waals surface area (Å²) in [5, 5.41) is 15.5. The van der Waals surface area contributed by atoms with E-state index in [0.29, 0.717) is 12.3 Å². The van der Waals surface area contributed by atoms with Crippen LogP contribution in [-0.2, 0) is 6.54 Å². The second-order valence-corrected chi connectivity index (χ2v) is 4.96. The van der Waals surface area contributed by atoms with E-state index in [0.717, 1.165) is 10.0 Å². The molecule has 2 rings (SSSR count). The number of hydrogen-bond acceptors (Lipinski definition) is 4. The van der Waals surface area contributed by atoms with Gasteiger partial charge in [-0.05, 0) is 18.6 Å². The van der Waals surface area contributed by atoms with Crippen LogP contribution in [0.1, 0.15) is 34.8 Å². The lowest BCUT2D eigenvalue weighted by atomic mass is 10.1. The molecule has 1 heterocycles. The average molecular weight is 325 g/mol. The minimum absolute atomic E-state index is 0.0784. The molecule has 1 atom stereocenters. The molecule has 0 unspecified atom stereocenters. The van der Waals surface area contributed by atoms with Crippen molar-refractivity contribution in [2.75, 3.05) is 0 Å². The summed E-state index contributed by atoms with van der Waals surface area (Å²) in [7, 11) is 0. The lowest BCUT2D eigenvalue weighted by Crippen LogP contribution is -2.18. The first kappa shape index (κ1) is 13.8. The van der Waals surface area contributed by atoms with Crippen molar-refractivity contribution in [3.8, 4) is 0 Å². The number of carbonyl (C=O) groups is 1. The second kappa shape index (κ2) is 5.99. The predicted octanol–water partition coefficient (Wildman–Crippen LogP) is 2.99. The van der Waals surface area contributed by atoms with Gasteiger partial charge in [-0.3, -0.25) is 0 Å². The van der Waals surface area contributed by atoms with Crippen molar-refractivity contribution < 1.29 is 14.4 Å². The first-order valence-electron chi connectivity index (χ1n) is 5.74. The fraction of sp³-hybridized carbons (Fsp3) is 0.231. The normalized spacial score (nSPS) is 12.3. The molecule has 100 valence electrons. The summed E-state index contributed by atoms with van der Waals surface area (Å²) in [5.41, 5.74) is 1.05. The second-order valence-electron chi connectivity index (χ2n) is 4.11. The predicted molar refractivity (Wildman–Crippen MR) is 72.9 cm³/mol. The molecule has 0 aliphatic rings. The Bertz CT molecular complexity index is 583. The molecule has 2 aromatic rings. The molecule has 0 saturated carbocycles. The van der Waals surface area contributed by atoms with Crippen molar-refractivity contribution >= 4 is 21.9 Å². The Kier molecular flexibility index (Phi) is 4.34. The quantitative estimate of drug-likeness (QED) is 0.884. The van der Waals surface area contributed by atoms with Gasteiger partial charge in [0.1, 0.15) is 0 Å². The molecule has 0 amide bonds. The molecule has 2 N–H and O–H groups in total. The van der Waals surface area contributed by atoms with Crippen molar-refractivity contribution in [2.24, 2.45) is 0 Å². The molecular weight excluding hydrogens is 312 g/mol. The maximum Gasteiger partial charge on any atom is 0.358 e. The van der Waals surface area contributed by atoms with Gasteiger partial charge in [0.15, 0.2) is 11.5 Å². The van der Waals surface area contributed by atoms with Crippen molar-refractivity contribution in [3.63, 3.8) is 0 Å². The third-order valence-corrected chi connectivity index (χ3v) is 3.45. The van der Waals surface area contributed by atoms with Gasteiger partial charge >= 0.3 is 5.97 Å². The number of benzene rings is 1. The first-order valence-corrected chi connectivity index (χ1v) is 6.54. The number of carboxylic acid groups (broad SMARTS) is 1. The average Bonchev–Trinajstić information content (AvgIpc) is 2.85. The largest absolute Gasteiger partial charge is 0.476 e. The van der Waals surface area contributed by atoms with E-state index < -0.39 is 5.97 Å². The number of nitrogens with one attached hydrogen (secondary N) is 1. The smallest absolute Gasteiger partial charge is 0.358 e. The zero-order valence-electron chi connectivity index (χ0n) is 10.3. The van der Waals surface area contributed by atoms with E-state index in [9.17, 15) is 4.79 Å². The summed E-state index contributed by atoms with van der Waals surface area (Å²) in [6.07, 6.45) is 0. The van der Waals surface area contributed by atoms with Crippen LogP contribution in [0.5, 0.6) is 0 Å². The van der Waals surface area contributed by atoms with Crippen LogP contribution in [0.4, 0.5) is 0 Å². The molecule has 0 fully saturated rings. The Hall–Kier alpha value is -1.66. The zero-order chi connectivity index (χ0) is 13.8. The molecule has 6 heteroatoms. The van der Waals surface area contributed by atoms with Crippen LogP contribution in [0, 0.1) is 0 Å². The number of nitrogens with zero attached hydrogens (tertiary/aromatic N) is 1. The molecular formula is C13H13BrN2O3. The number of rotatable bonds is 5. The number of aromatic nitrogens is 1. The molecule has 1 aromatic carbocycles. The van der Waals surface area contributed by atoms with Crippen molar-refractivity contribution in [2.45, 2.75) is 19.5 Å². The molecule has 0 aliphatic heterocycles. The summed E-state index contributed by atoms with van der Waals surface area (Å²) >= 11 is 3.49. The van der Waals surface area contributed by atoms with E-state index in [2.05, 4.69) is 26.4 Å². The number of aromatic carboxylic acids is 1. The van der Waals surface area contributed by atoms with Gasteiger partial charge in [-0.1, -0.05) is 39.3 Å². The van der Waals surface area contributed by atoms with Crippen LogP contribution in [0.2, 0.25) is 0 Å². The van der Waals surface area contributed by atoms with Crippen LogP contribution in [0.25, 0.3) is 0 Å². The van der Waals surface area contributed by atoms with Gasteiger partial charge in [0.2, 0.25) is 0 Å². The Morgan fingerprint density at radius 2 is 2.26 bits per heavy atom. The highest BCUT2D eigenvalue weighted by Crippen LogP contribution is 2.22. The molecule has 1 aromatic heterocycles. The van der Waals surface area contributed by atoms with E-state index in [-0.39, 0.29) is 11.7 Å². The molecule has 0 bridgehead atoms. The van der Waals surface area contributed by atoms with E-state index in [1.165, 1.54) is 6.07 Å². The number of hydrogen-bond donors (Lipinski definition) is 2. The van der Waals surface area contributed by atoms with Crippen molar-refractivity contribution in [1.82, 2.24) is 10.5 Å². The van der Waals surface area contributed by atoms with Crippen LogP contribution in [0.3, 0.4) is 0 Å². The van der Waals surface area contributed by atoms with Gasteiger partial charge in [0.25, 0.3) is 0 Å². The van der Waals surface area contributed by atoms with Crippen molar-refractivity contribution in [1.29, 1.82) is 0 Å². The highest BCUT2D eigenvalue weighted by atomic mass is 79.9. The van der Waals surface area contributed by atoms with Gasteiger partial charge in [-0.25, -0.2) is 4.79 Å². The zero-order valence-corrected chi connectivity index (χ0v) is 11.8. The minimum Gasteiger partial charge on any atom is -0.476 e. The molecule has 0 saturated heterocycles. The summed E-state index contributed by atoms with van der Waals surface area (Å²) in [5.74, 6) is -0.592. The Morgan fingerprint density at radius 3 is 2.89 bits per heavy atom. The van der Waals surface area contributed by atoms with Crippen LogP contribution >= 0.6 is 15.9 Å². The van der Waals surface area contributed by atoms with Crippen molar-refractivity contribution in [3.05, 3.63) is 51.8 Å². The van der Waals surface area contributed by atoms with E-state index in [4.69, 9.17) is 9.63 Å². The monoisotopic (exact) mass is 324 g/mol. The maximum atomic E-state index is 10.7. The number of halogens is 1. The van der Waals surface area contributed by atoms with Gasteiger partial charge in [-0.2, -0.15) is 0 Å². The minimum atomic E-state index is -1.09. The Balaban J connectivity index is 1.98. The van der Waals surface area contributed by atoms with Gasteiger partial charge in [0, 0.05) is 16.6 Å². The van der Waals surface area contributed by atoms with Crippen LogP contribution in [-0.4, -0.2) is 16.2 Å². The van der Waals surface area contributed by atoms with Crippen LogP contribution < -0.4 is 5.32 Å². The third-order valence-electron chi connectivity index (χ3n) is 2.73. The van der Waals surface area contributed by atoms with Gasteiger partial charge in [0.05, 0.1) is 6.54 Å². The topological polar surface area (TPSA) is 75.4 Å². The Labute approximate surface area is 118 Å². The molecule has 0 aliphatic carbocycles. The standard InChI is InChI=1S/C13H13BrN2O3/c1-8(10-4-2-3-5-11(10)14)15-7-9-6-12(13(17)18)16-19-9/h2-6,8,15H,7H2,1H3,(H,17,18)/t8-/m1/s1. The fourth-order valence-corrected chi connectivity index (χ4v) is 2.32. The SMILES string of the molecule is C[C@@H](NCc1cc(C(=O)O)no1)c1ccccc1Br. The molecule has 0 radical (unpaired) electrons. The lowest BCUT2D eigenvalue weighted by Gasteiger charge is -2.14. The molecule has 5 nitrogen and oxygen atoms in total. The Morgan fingerprint density at radius 1 is 1.53 bits per heavy atom. The summed E-state index contributed by atoms with van der Waals surface area (Å²) < 4.78 is 5.96. The first-order chi connectivity index (χ1) is 9.08. The molecule has 0 spiro atoms. The lowest BCUT2D eigenvalue weighted by molar-refractivity contribution is 0.0685. The number of carboxylic acids is 1. The summed E-state index contributed by atoms with van der Waals surface area (Å²) in [6.45, 7) is 2.44. The van der Waals surface area contributed by atoms with E-state index in [1.807, 2.05) is 31.2 Å². The highest BCUT2D eigenvalue weighted by Gasteiger charge is 2.12. The summed E-state index contributed by atoms with van der Waals surface area (Å²) in [6, 6.07) is 9.44. The maximum absolute atomic E-state index is 10.7.